The topological polar surface area (TPSA) is 48.3 Å². The number of hydrogen-bond donors (Lipinski definition) is 1. The minimum atomic E-state index is 0.594. The zero-order valence-corrected chi connectivity index (χ0v) is 16.0. The number of aromatic amines is 1. The van der Waals surface area contributed by atoms with Crippen molar-refractivity contribution in [1.82, 2.24) is 20.0 Å². The molecule has 7 rings (SSSR count). The van der Waals surface area contributed by atoms with Crippen LogP contribution in [-0.2, 0) is 6.54 Å². The van der Waals surface area contributed by atoms with Gasteiger partial charge in [0.2, 0.25) is 0 Å². The zero-order chi connectivity index (χ0) is 18.5. The van der Waals surface area contributed by atoms with E-state index in [0.717, 1.165) is 36.2 Å². The first-order chi connectivity index (χ1) is 13.9. The van der Waals surface area contributed by atoms with Crippen LogP contribution in [0.25, 0.3) is 11.5 Å². The summed E-state index contributed by atoms with van der Waals surface area (Å²) in [5, 5.41) is 7.03. The maximum absolute atomic E-state index is 6.16. The summed E-state index contributed by atoms with van der Waals surface area (Å²) in [4.78, 5) is 5.47. The monoisotopic (exact) mass is 374 g/mol. The van der Waals surface area contributed by atoms with E-state index in [2.05, 4.69) is 62.5 Å². The van der Waals surface area contributed by atoms with Crippen molar-refractivity contribution in [3.8, 4) is 11.5 Å². The fraction of sp³-hybridized carbons (Fsp3) is 0.435. The van der Waals surface area contributed by atoms with E-state index in [4.69, 9.17) is 4.42 Å². The molecule has 0 aliphatic carbocycles. The van der Waals surface area contributed by atoms with Crippen LogP contribution in [0.1, 0.15) is 30.1 Å². The van der Waals surface area contributed by atoms with Crippen LogP contribution in [0.4, 0.5) is 0 Å². The van der Waals surface area contributed by atoms with Gasteiger partial charge in [-0.25, -0.2) is 0 Å². The van der Waals surface area contributed by atoms with Gasteiger partial charge < -0.3 is 4.42 Å². The number of fused-ring (bicyclic) bond motifs is 2. The third-order valence-electron chi connectivity index (χ3n) is 7.11. The van der Waals surface area contributed by atoms with E-state index in [-0.39, 0.29) is 0 Å². The van der Waals surface area contributed by atoms with Crippen molar-refractivity contribution in [1.29, 1.82) is 0 Å². The smallest absolute Gasteiger partial charge is 0.152 e. The van der Waals surface area contributed by atoms with Crippen molar-refractivity contribution in [2.75, 3.05) is 19.6 Å². The van der Waals surface area contributed by atoms with Gasteiger partial charge in [0.1, 0.15) is 11.5 Å². The van der Waals surface area contributed by atoms with Gasteiger partial charge >= 0.3 is 0 Å². The van der Waals surface area contributed by atoms with Gasteiger partial charge in [0.25, 0.3) is 0 Å². The predicted molar refractivity (Wildman–Crippen MR) is 108 cm³/mol. The summed E-state index contributed by atoms with van der Waals surface area (Å²) in [5.41, 5.74) is 2.43. The van der Waals surface area contributed by atoms with Crippen molar-refractivity contribution < 1.29 is 4.42 Å². The highest BCUT2D eigenvalue weighted by Gasteiger charge is 2.53. The SMILES string of the molecule is c1ccc([C@H]2CN(Cc3ccc(-c4ccn[nH]4)o3)[C@@H]3C4CCN(CC4)[C@H]23)cc1. The Kier molecular flexibility index (Phi) is 3.91. The zero-order valence-electron chi connectivity index (χ0n) is 16.0. The number of nitrogens with zero attached hydrogens (tertiary/aromatic N) is 3. The van der Waals surface area contributed by atoms with Gasteiger partial charge in [0, 0.05) is 30.7 Å². The molecule has 0 spiro atoms. The van der Waals surface area contributed by atoms with Crippen LogP contribution in [0.15, 0.2) is 59.1 Å². The molecule has 0 radical (unpaired) electrons. The number of benzene rings is 1. The number of hydrogen-bond acceptors (Lipinski definition) is 4. The molecule has 2 bridgehead atoms. The maximum atomic E-state index is 6.16. The number of H-pyrrole nitrogens is 1. The Labute approximate surface area is 165 Å². The molecular formula is C23H26N4O. The molecule has 3 atom stereocenters. The van der Waals surface area contributed by atoms with Crippen LogP contribution in [0, 0.1) is 5.92 Å². The van der Waals surface area contributed by atoms with Gasteiger partial charge in [-0.15, -0.1) is 0 Å². The summed E-state index contributed by atoms with van der Waals surface area (Å²) in [7, 11) is 0. The highest BCUT2D eigenvalue weighted by molar-refractivity contribution is 5.51. The molecule has 4 fully saturated rings. The Balaban J connectivity index is 1.29. The summed E-state index contributed by atoms with van der Waals surface area (Å²) in [6, 6.07) is 18.6. The fourth-order valence-corrected chi connectivity index (χ4v) is 5.92. The van der Waals surface area contributed by atoms with Crippen molar-refractivity contribution in [2.24, 2.45) is 5.92 Å². The highest BCUT2D eigenvalue weighted by atomic mass is 16.3. The second-order valence-electron chi connectivity index (χ2n) is 8.54. The molecule has 4 aliphatic rings. The number of furan rings is 1. The van der Waals surface area contributed by atoms with E-state index in [1.807, 2.05) is 6.07 Å². The van der Waals surface area contributed by atoms with Gasteiger partial charge in [0.05, 0.1) is 6.54 Å². The van der Waals surface area contributed by atoms with E-state index in [1.165, 1.54) is 31.5 Å². The molecule has 1 N–H and O–H groups in total. The summed E-state index contributed by atoms with van der Waals surface area (Å²) in [6.07, 6.45) is 4.45. The molecule has 28 heavy (non-hydrogen) atoms. The molecule has 5 nitrogen and oxygen atoms in total. The lowest BCUT2D eigenvalue weighted by Gasteiger charge is -2.51. The molecule has 3 aromatic rings. The molecule has 1 aromatic carbocycles. The molecule has 4 aliphatic heterocycles. The van der Waals surface area contributed by atoms with Crippen LogP contribution < -0.4 is 0 Å². The Morgan fingerprint density at radius 2 is 1.86 bits per heavy atom. The van der Waals surface area contributed by atoms with Gasteiger partial charge in [-0.05, 0) is 55.6 Å². The number of piperidine rings is 3. The average Bonchev–Trinajstić information content (AvgIpc) is 3.50. The van der Waals surface area contributed by atoms with Crippen LogP contribution in [-0.4, -0.2) is 51.7 Å². The minimum absolute atomic E-state index is 0.594. The van der Waals surface area contributed by atoms with Gasteiger partial charge in [-0.3, -0.25) is 14.9 Å². The lowest BCUT2D eigenvalue weighted by molar-refractivity contribution is -0.0101. The van der Waals surface area contributed by atoms with Crippen LogP contribution >= 0.6 is 0 Å². The van der Waals surface area contributed by atoms with Crippen molar-refractivity contribution in [3.05, 3.63) is 66.1 Å². The third kappa shape index (κ3) is 2.65. The molecule has 0 unspecified atom stereocenters. The van der Waals surface area contributed by atoms with Crippen molar-refractivity contribution >= 4 is 0 Å². The van der Waals surface area contributed by atoms with Gasteiger partial charge in [-0.2, -0.15) is 5.10 Å². The number of likely N-dealkylation sites (tertiary alicyclic amines) is 1. The maximum Gasteiger partial charge on any atom is 0.152 e. The number of rotatable bonds is 4. The second-order valence-corrected chi connectivity index (χ2v) is 8.54. The molecule has 0 amide bonds. The van der Waals surface area contributed by atoms with Crippen molar-refractivity contribution in [2.45, 2.75) is 37.4 Å². The van der Waals surface area contributed by atoms with Crippen LogP contribution in [0.2, 0.25) is 0 Å². The molecular weight excluding hydrogens is 348 g/mol. The molecule has 6 heterocycles. The summed E-state index contributed by atoms with van der Waals surface area (Å²) >= 11 is 0. The van der Waals surface area contributed by atoms with Crippen LogP contribution in [0.5, 0.6) is 0 Å². The Morgan fingerprint density at radius 3 is 2.64 bits per heavy atom. The molecule has 144 valence electrons. The largest absolute Gasteiger partial charge is 0.458 e. The fourth-order valence-electron chi connectivity index (χ4n) is 5.92. The molecule has 4 saturated heterocycles. The minimum Gasteiger partial charge on any atom is -0.458 e. The van der Waals surface area contributed by atoms with E-state index < -0.39 is 0 Å². The number of nitrogens with one attached hydrogen (secondary N) is 1. The van der Waals surface area contributed by atoms with Crippen LogP contribution in [0.3, 0.4) is 0 Å². The van der Waals surface area contributed by atoms with Gasteiger partial charge in [-0.1, -0.05) is 30.3 Å². The summed E-state index contributed by atoms with van der Waals surface area (Å²) in [6.45, 7) is 4.55. The van der Waals surface area contributed by atoms with E-state index in [1.54, 1.807) is 6.20 Å². The molecule has 0 saturated carbocycles. The number of aromatic nitrogens is 2. The lowest BCUT2D eigenvalue weighted by atomic mass is 9.75. The van der Waals surface area contributed by atoms with E-state index in [9.17, 15) is 0 Å². The normalized spacial score (nSPS) is 31.9. The molecule has 2 aromatic heterocycles. The van der Waals surface area contributed by atoms with E-state index in [0.29, 0.717) is 18.0 Å². The first-order valence-electron chi connectivity index (χ1n) is 10.5. The highest BCUT2D eigenvalue weighted by Crippen LogP contribution is 2.47. The first-order valence-corrected chi connectivity index (χ1v) is 10.5. The summed E-state index contributed by atoms with van der Waals surface area (Å²) < 4.78 is 6.16. The molecule has 5 heteroatoms. The quantitative estimate of drug-likeness (QED) is 0.756. The third-order valence-corrected chi connectivity index (χ3v) is 7.11. The Hall–Kier alpha value is -2.37. The predicted octanol–water partition coefficient (Wildman–Crippen LogP) is 3.73. The van der Waals surface area contributed by atoms with E-state index >= 15 is 0 Å². The Bertz CT molecular complexity index is 927. The van der Waals surface area contributed by atoms with Gasteiger partial charge in [0.15, 0.2) is 5.76 Å². The first kappa shape index (κ1) is 16.6. The summed E-state index contributed by atoms with van der Waals surface area (Å²) in [5.74, 6) is 3.34. The average molecular weight is 374 g/mol. The standard InChI is InChI=1S/C23H26N4O/c1-2-4-16(5-3-1)19-15-27(22-17-9-12-26(13-10-17)23(19)22)14-18-6-7-21(28-18)20-8-11-24-25-20/h1-8,11,17,19,22-23H,9-10,12-15H2,(H,24,25)/t19-,22-,23-/m1/s1. The second kappa shape index (κ2) is 6.61. The lowest BCUT2D eigenvalue weighted by Crippen LogP contribution is -2.59. The Morgan fingerprint density at radius 1 is 1.00 bits per heavy atom. The van der Waals surface area contributed by atoms with Crippen molar-refractivity contribution in [3.63, 3.8) is 0 Å².